The molecule has 0 amide bonds. The first-order valence-corrected chi connectivity index (χ1v) is 4.61. The van der Waals surface area contributed by atoms with E-state index in [-0.39, 0.29) is 25.5 Å². The van der Waals surface area contributed by atoms with Gasteiger partial charge >= 0.3 is 8.46 Å². The van der Waals surface area contributed by atoms with Gasteiger partial charge in [-0.3, -0.25) is 0 Å². The summed E-state index contributed by atoms with van der Waals surface area (Å²) in [6, 6.07) is 17.4. The Kier molecular flexibility index (Phi) is 7.53. The molecule has 0 aromatic heterocycles. The Balaban J connectivity index is 0.000000215. The topological polar surface area (TPSA) is 17.1 Å². The van der Waals surface area contributed by atoms with Crippen LogP contribution >= 0.6 is 8.46 Å². The first-order valence-electron chi connectivity index (χ1n) is 3.70. The van der Waals surface area contributed by atoms with E-state index in [1.54, 1.807) is 0 Å². The SMILES string of the molecule is O=[PH+][c-]1cccc1.[Fe].[cH-]1[cH-][cH-][cH-][cH-]1. The molecule has 0 spiro atoms. The van der Waals surface area contributed by atoms with E-state index in [9.17, 15) is 4.57 Å². The molecule has 1 nitrogen and oxygen atoms in total. The van der Waals surface area contributed by atoms with Crippen LogP contribution < -0.4 is 5.30 Å². The van der Waals surface area contributed by atoms with Crippen LogP contribution in [0, 0.1) is 0 Å². The van der Waals surface area contributed by atoms with E-state index in [0.29, 0.717) is 0 Å². The predicted octanol–water partition coefficient (Wildman–Crippen LogP) is 2.46. The van der Waals surface area contributed by atoms with Crippen LogP contribution in [-0.2, 0) is 21.6 Å². The van der Waals surface area contributed by atoms with Crippen molar-refractivity contribution in [2.75, 3.05) is 0 Å². The van der Waals surface area contributed by atoms with Gasteiger partial charge in [0.25, 0.3) is 0 Å². The van der Waals surface area contributed by atoms with Gasteiger partial charge in [-0.25, -0.2) is 12.1 Å². The maximum absolute atomic E-state index is 10.0. The molecule has 0 bridgehead atoms. The minimum absolute atomic E-state index is 0. The summed E-state index contributed by atoms with van der Waals surface area (Å²) in [7, 11) is -0.296. The standard InChI is InChI=1S/C5H5OP.C5H5.Fe/c6-7-5-3-1-2-4-5;1-2-4-5-3-1;/h1-4,7H;1-5H;/q;-5;. The Morgan fingerprint density at radius 3 is 1.54 bits per heavy atom. The maximum Gasteiger partial charge on any atom is 0.305 e. The quantitative estimate of drug-likeness (QED) is 0.420. The van der Waals surface area contributed by atoms with Gasteiger partial charge in [0.1, 0.15) is 0 Å². The Hall–Kier alpha value is -0.681. The van der Waals surface area contributed by atoms with E-state index in [1.807, 2.05) is 54.6 Å². The zero-order valence-corrected chi connectivity index (χ0v) is 9.06. The minimum Gasteiger partial charge on any atom is -0.748 e. The molecule has 0 heterocycles. The molecule has 0 saturated heterocycles. The third-order valence-corrected chi connectivity index (χ3v) is 1.91. The number of rotatable bonds is 1. The van der Waals surface area contributed by atoms with E-state index in [4.69, 9.17) is 0 Å². The Morgan fingerprint density at radius 1 is 0.923 bits per heavy atom. The fraction of sp³-hybridized carbons (Fsp3) is 0. The summed E-state index contributed by atoms with van der Waals surface area (Å²) < 4.78 is 10.0. The van der Waals surface area contributed by atoms with E-state index in [2.05, 4.69) is 0 Å². The monoisotopic (exact) mass is 233 g/mol. The van der Waals surface area contributed by atoms with Crippen molar-refractivity contribution in [1.82, 2.24) is 0 Å². The van der Waals surface area contributed by atoms with Gasteiger partial charge < -0.3 is 30.3 Å². The van der Waals surface area contributed by atoms with Crippen LogP contribution in [0.15, 0.2) is 54.6 Å². The van der Waals surface area contributed by atoms with Gasteiger partial charge in [0.2, 0.25) is 0 Å². The molecule has 0 saturated carbocycles. The Bertz CT molecular complexity index is 269. The average molecular weight is 233 g/mol. The molecule has 2 aromatic rings. The van der Waals surface area contributed by atoms with Gasteiger partial charge in [-0.05, 0) is 0 Å². The number of hydrogen-bond acceptors (Lipinski definition) is 1. The average Bonchev–Trinajstić information content (AvgIpc) is 2.81. The minimum atomic E-state index is -0.296. The van der Waals surface area contributed by atoms with Crippen molar-refractivity contribution in [2.24, 2.45) is 0 Å². The normalized spacial score (nSPS) is 8.31. The van der Waals surface area contributed by atoms with E-state index in [1.165, 1.54) is 0 Å². The summed E-state index contributed by atoms with van der Waals surface area (Å²) in [5, 5.41) is 0.903. The van der Waals surface area contributed by atoms with Crippen LogP contribution in [0.4, 0.5) is 0 Å². The molecular weight excluding hydrogens is 223 g/mol. The zero-order valence-electron chi connectivity index (χ0n) is 6.96. The van der Waals surface area contributed by atoms with Crippen molar-refractivity contribution in [2.45, 2.75) is 0 Å². The molecule has 1 atom stereocenters. The second-order valence-electron chi connectivity index (χ2n) is 2.24. The second kappa shape index (κ2) is 7.94. The molecule has 0 fully saturated rings. The third kappa shape index (κ3) is 5.54. The smallest absolute Gasteiger partial charge is 0.305 e. The predicted molar refractivity (Wildman–Crippen MR) is 52.7 cm³/mol. The first-order chi connectivity index (χ1) is 5.93. The molecule has 0 aliphatic rings. The van der Waals surface area contributed by atoms with Crippen molar-refractivity contribution in [3.8, 4) is 0 Å². The molecule has 0 aliphatic heterocycles. The fourth-order valence-corrected chi connectivity index (χ4v) is 1.09. The molecule has 13 heavy (non-hydrogen) atoms. The van der Waals surface area contributed by atoms with E-state index >= 15 is 0 Å². The first kappa shape index (κ1) is 12.3. The summed E-state index contributed by atoms with van der Waals surface area (Å²) in [4.78, 5) is 0. The van der Waals surface area contributed by atoms with Gasteiger partial charge in [-0.15, -0.1) is 12.1 Å². The van der Waals surface area contributed by atoms with Crippen LogP contribution in [0.5, 0.6) is 0 Å². The van der Waals surface area contributed by atoms with Crippen LogP contribution in [-0.4, -0.2) is 0 Å². The van der Waals surface area contributed by atoms with Crippen molar-refractivity contribution in [3.63, 3.8) is 0 Å². The van der Waals surface area contributed by atoms with Crippen molar-refractivity contribution in [3.05, 3.63) is 54.6 Å². The third-order valence-electron chi connectivity index (χ3n) is 1.34. The van der Waals surface area contributed by atoms with Gasteiger partial charge in [0, 0.05) is 17.1 Å². The van der Waals surface area contributed by atoms with E-state index < -0.39 is 0 Å². The van der Waals surface area contributed by atoms with Gasteiger partial charge in [0.15, 0.2) is 0 Å². The van der Waals surface area contributed by atoms with Gasteiger partial charge in [-0.2, -0.15) is 0 Å². The van der Waals surface area contributed by atoms with Crippen LogP contribution in [0.25, 0.3) is 0 Å². The molecule has 0 radical (unpaired) electrons. The summed E-state index contributed by atoms with van der Waals surface area (Å²) in [5.41, 5.74) is 0. The maximum atomic E-state index is 10.0. The largest absolute Gasteiger partial charge is 0.748 e. The van der Waals surface area contributed by atoms with E-state index in [0.717, 1.165) is 5.30 Å². The van der Waals surface area contributed by atoms with Crippen LogP contribution in [0.3, 0.4) is 0 Å². The molecule has 1 unspecified atom stereocenters. The molecule has 0 aliphatic carbocycles. The molecule has 74 valence electrons. The molecule has 2 aromatic carbocycles. The molecule has 0 N–H and O–H groups in total. The van der Waals surface area contributed by atoms with Crippen LogP contribution in [0.1, 0.15) is 0 Å². The summed E-state index contributed by atoms with van der Waals surface area (Å²) in [6.07, 6.45) is 0. The molecule has 3 heteroatoms. The Morgan fingerprint density at radius 2 is 1.31 bits per heavy atom. The van der Waals surface area contributed by atoms with Crippen molar-refractivity contribution < 1.29 is 21.6 Å². The van der Waals surface area contributed by atoms with Gasteiger partial charge in [-0.1, -0.05) is 4.57 Å². The summed E-state index contributed by atoms with van der Waals surface area (Å²) in [5.74, 6) is 0. The van der Waals surface area contributed by atoms with Crippen LogP contribution in [0.2, 0.25) is 0 Å². The molecular formula is C10H10FeOP-5. The van der Waals surface area contributed by atoms with Crippen molar-refractivity contribution >= 4 is 13.8 Å². The second-order valence-corrected chi connectivity index (χ2v) is 3.02. The number of hydrogen-bond donors (Lipinski definition) is 0. The zero-order chi connectivity index (χ0) is 8.65. The fourth-order valence-electron chi connectivity index (χ4n) is 0.763. The van der Waals surface area contributed by atoms with Crippen molar-refractivity contribution in [1.29, 1.82) is 0 Å². The summed E-state index contributed by atoms with van der Waals surface area (Å²) in [6.45, 7) is 0. The Labute approximate surface area is 90.2 Å². The summed E-state index contributed by atoms with van der Waals surface area (Å²) >= 11 is 0. The van der Waals surface area contributed by atoms with Gasteiger partial charge in [0.05, 0.1) is 5.30 Å². The molecule has 2 rings (SSSR count).